The number of carbonyl (C=O) groups excluding carboxylic acids is 2. The van der Waals surface area contributed by atoms with Crippen molar-refractivity contribution in [3.05, 3.63) is 83.3 Å². The number of benzene rings is 2. The number of aryl methyl sites for hydroxylation is 2. The molecule has 37 heavy (non-hydrogen) atoms. The molecule has 1 unspecified atom stereocenters. The fraction of sp³-hybridized carbons (Fsp3) is 0.400. The van der Waals surface area contributed by atoms with E-state index in [0.717, 1.165) is 61.2 Å². The lowest BCUT2D eigenvalue weighted by molar-refractivity contribution is -0.123. The summed E-state index contributed by atoms with van der Waals surface area (Å²) < 4.78 is 11.0. The van der Waals surface area contributed by atoms with Crippen LogP contribution in [-0.2, 0) is 9.53 Å². The van der Waals surface area contributed by atoms with Gasteiger partial charge in [0, 0.05) is 30.5 Å². The van der Waals surface area contributed by atoms with Crippen molar-refractivity contribution in [1.82, 2.24) is 5.32 Å². The standard InChI is InChI=1S/C30H35N3O4/c1-21-9-14-26(22(2)20-21)33(30(35)27-8-5-17-37-27)28(29(34)31-24-6-3-4-7-24)23-10-12-25(13-11-23)32-15-18-36-19-16-32/h5,8-14,17,20,24,28H,3-4,6-7,15-16,18-19H2,1-2H3,(H,31,34). The maximum Gasteiger partial charge on any atom is 0.294 e. The van der Waals surface area contributed by atoms with Gasteiger partial charge in [-0.1, -0.05) is 42.7 Å². The summed E-state index contributed by atoms with van der Waals surface area (Å²) in [5.41, 5.74) is 4.54. The molecule has 1 aromatic heterocycles. The van der Waals surface area contributed by atoms with Gasteiger partial charge in [-0.3, -0.25) is 14.5 Å². The minimum atomic E-state index is -0.849. The van der Waals surface area contributed by atoms with Gasteiger partial charge in [0.25, 0.3) is 5.91 Å². The summed E-state index contributed by atoms with van der Waals surface area (Å²) in [5, 5.41) is 3.25. The first-order valence-corrected chi connectivity index (χ1v) is 13.2. The number of carbonyl (C=O) groups is 2. The van der Waals surface area contributed by atoms with E-state index in [9.17, 15) is 9.59 Å². The first-order valence-electron chi connectivity index (χ1n) is 13.2. The van der Waals surface area contributed by atoms with Crippen molar-refractivity contribution in [3.63, 3.8) is 0 Å². The molecule has 2 amide bonds. The zero-order chi connectivity index (χ0) is 25.8. The van der Waals surface area contributed by atoms with Crippen LogP contribution in [0.1, 0.15) is 59.0 Å². The van der Waals surface area contributed by atoms with Crippen molar-refractivity contribution >= 4 is 23.2 Å². The number of nitrogens with zero attached hydrogens (tertiary/aromatic N) is 2. The largest absolute Gasteiger partial charge is 0.459 e. The molecule has 0 radical (unpaired) electrons. The number of amides is 2. The summed E-state index contributed by atoms with van der Waals surface area (Å²) >= 11 is 0. The van der Waals surface area contributed by atoms with Gasteiger partial charge in [-0.25, -0.2) is 0 Å². The van der Waals surface area contributed by atoms with E-state index in [1.54, 1.807) is 17.0 Å². The second-order valence-corrected chi connectivity index (χ2v) is 10.0. The minimum Gasteiger partial charge on any atom is -0.459 e. The quantitative estimate of drug-likeness (QED) is 0.483. The topological polar surface area (TPSA) is 75.0 Å². The summed E-state index contributed by atoms with van der Waals surface area (Å²) in [4.78, 5) is 31.8. The molecular formula is C30H35N3O4. The molecule has 0 bridgehead atoms. The van der Waals surface area contributed by atoms with Crippen LogP contribution in [0, 0.1) is 13.8 Å². The molecule has 1 N–H and O–H groups in total. The second-order valence-electron chi connectivity index (χ2n) is 10.0. The highest BCUT2D eigenvalue weighted by Gasteiger charge is 2.36. The molecule has 194 valence electrons. The third-order valence-electron chi connectivity index (χ3n) is 7.36. The molecule has 2 heterocycles. The number of rotatable bonds is 7. The van der Waals surface area contributed by atoms with Gasteiger partial charge in [0.2, 0.25) is 5.91 Å². The lowest BCUT2D eigenvalue weighted by atomic mass is 9.99. The van der Waals surface area contributed by atoms with Crippen molar-refractivity contribution in [2.75, 3.05) is 36.1 Å². The van der Waals surface area contributed by atoms with Crippen LogP contribution in [0.5, 0.6) is 0 Å². The summed E-state index contributed by atoms with van der Waals surface area (Å²) in [7, 11) is 0. The van der Waals surface area contributed by atoms with Crippen molar-refractivity contribution in [2.45, 2.75) is 51.6 Å². The van der Waals surface area contributed by atoms with E-state index in [-0.39, 0.29) is 23.6 Å². The first-order chi connectivity index (χ1) is 18.0. The van der Waals surface area contributed by atoms with Crippen LogP contribution in [-0.4, -0.2) is 44.2 Å². The number of ether oxygens (including phenoxy) is 1. The molecule has 3 aromatic rings. The molecule has 1 atom stereocenters. The Morgan fingerprint density at radius 1 is 1.00 bits per heavy atom. The van der Waals surface area contributed by atoms with Crippen LogP contribution in [0.4, 0.5) is 11.4 Å². The van der Waals surface area contributed by atoms with E-state index < -0.39 is 6.04 Å². The van der Waals surface area contributed by atoms with Crippen LogP contribution in [0.25, 0.3) is 0 Å². The molecule has 2 aromatic carbocycles. The maximum absolute atomic E-state index is 14.0. The molecule has 2 aliphatic rings. The summed E-state index contributed by atoms with van der Waals surface area (Å²) in [6.07, 6.45) is 5.62. The third-order valence-corrected chi connectivity index (χ3v) is 7.36. The van der Waals surface area contributed by atoms with Gasteiger partial charge >= 0.3 is 0 Å². The predicted octanol–water partition coefficient (Wildman–Crippen LogP) is 5.18. The Morgan fingerprint density at radius 3 is 2.38 bits per heavy atom. The molecule has 0 spiro atoms. The van der Waals surface area contributed by atoms with Gasteiger partial charge < -0.3 is 19.4 Å². The molecule has 2 fully saturated rings. The van der Waals surface area contributed by atoms with Gasteiger partial charge in [-0.05, 0) is 68.1 Å². The molecule has 7 nitrogen and oxygen atoms in total. The van der Waals surface area contributed by atoms with E-state index in [1.165, 1.54) is 6.26 Å². The number of morpholine rings is 1. The number of hydrogen-bond acceptors (Lipinski definition) is 5. The second kappa shape index (κ2) is 11.2. The third kappa shape index (κ3) is 5.57. The highest BCUT2D eigenvalue weighted by atomic mass is 16.5. The molecule has 5 rings (SSSR count). The van der Waals surface area contributed by atoms with E-state index in [0.29, 0.717) is 18.9 Å². The fourth-order valence-electron chi connectivity index (χ4n) is 5.42. The normalized spacial score (nSPS) is 17.0. The monoisotopic (exact) mass is 501 g/mol. The van der Waals surface area contributed by atoms with E-state index in [2.05, 4.69) is 10.2 Å². The Balaban J connectivity index is 1.57. The number of anilines is 2. The van der Waals surface area contributed by atoms with Crippen LogP contribution in [0.2, 0.25) is 0 Å². The van der Waals surface area contributed by atoms with Crippen molar-refractivity contribution < 1.29 is 18.7 Å². The fourth-order valence-corrected chi connectivity index (χ4v) is 5.42. The number of hydrogen-bond donors (Lipinski definition) is 1. The molecule has 1 saturated carbocycles. The van der Waals surface area contributed by atoms with Crippen molar-refractivity contribution in [2.24, 2.45) is 0 Å². The Hall–Kier alpha value is -3.58. The van der Waals surface area contributed by atoms with Gasteiger partial charge in [0.1, 0.15) is 6.04 Å². The first kappa shape index (κ1) is 25.1. The van der Waals surface area contributed by atoms with Gasteiger partial charge in [0.15, 0.2) is 5.76 Å². The zero-order valence-electron chi connectivity index (χ0n) is 21.6. The Labute approximate surface area is 218 Å². The SMILES string of the molecule is Cc1ccc(N(C(=O)c2ccco2)C(C(=O)NC2CCCC2)c2ccc(N3CCOCC3)cc2)c(C)c1. The van der Waals surface area contributed by atoms with E-state index >= 15 is 0 Å². The van der Waals surface area contributed by atoms with Crippen LogP contribution < -0.4 is 15.1 Å². The summed E-state index contributed by atoms with van der Waals surface area (Å²) in [5.74, 6) is -0.324. The van der Waals surface area contributed by atoms with Gasteiger partial charge in [0.05, 0.1) is 19.5 Å². The Bertz CT molecular complexity index is 1210. The van der Waals surface area contributed by atoms with E-state index in [4.69, 9.17) is 9.15 Å². The lowest BCUT2D eigenvalue weighted by Gasteiger charge is -2.33. The van der Waals surface area contributed by atoms with Crippen LogP contribution in [0.15, 0.2) is 65.3 Å². The molecule has 7 heteroatoms. The Morgan fingerprint density at radius 2 is 1.73 bits per heavy atom. The maximum atomic E-state index is 14.0. The van der Waals surface area contributed by atoms with E-state index in [1.807, 2.05) is 56.3 Å². The van der Waals surface area contributed by atoms with Crippen molar-refractivity contribution in [3.8, 4) is 0 Å². The predicted molar refractivity (Wildman–Crippen MR) is 144 cm³/mol. The average molecular weight is 502 g/mol. The number of furan rings is 1. The minimum absolute atomic E-state index is 0.127. The van der Waals surface area contributed by atoms with Gasteiger partial charge in [-0.15, -0.1) is 0 Å². The molecule has 1 aliphatic carbocycles. The summed E-state index contributed by atoms with van der Waals surface area (Å²) in [6.45, 7) is 7.05. The van der Waals surface area contributed by atoms with Crippen LogP contribution >= 0.6 is 0 Å². The molecule has 1 aliphatic heterocycles. The van der Waals surface area contributed by atoms with Crippen molar-refractivity contribution in [1.29, 1.82) is 0 Å². The Kier molecular flexibility index (Phi) is 7.60. The van der Waals surface area contributed by atoms with Gasteiger partial charge in [-0.2, -0.15) is 0 Å². The molecular weight excluding hydrogens is 466 g/mol. The zero-order valence-corrected chi connectivity index (χ0v) is 21.6. The van der Waals surface area contributed by atoms with Crippen LogP contribution in [0.3, 0.4) is 0 Å². The lowest BCUT2D eigenvalue weighted by Crippen LogP contribution is -2.46. The highest BCUT2D eigenvalue weighted by Crippen LogP contribution is 2.34. The number of nitrogens with one attached hydrogen (secondary N) is 1. The molecule has 1 saturated heterocycles. The highest BCUT2D eigenvalue weighted by molar-refractivity contribution is 6.09. The average Bonchev–Trinajstić information content (AvgIpc) is 3.63. The summed E-state index contributed by atoms with van der Waals surface area (Å²) in [6, 6.07) is 16.5. The smallest absolute Gasteiger partial charge is 0.294 e.